The van der Waals surface area contributed by atoms with Crippen molar-refractivity contribution in [2.24, 2.45) is 0 Å². The molecule has 0 saturated heterocycles. The zero-order valence-corrected chi connectivity index (χ0v) is 12.6. The monoisotopic (exact) mass is 286 g/mol. The van der Waals surface area contributed by atoms with Gasteiger partial charge in [0.25, 0.3) is 0 Å². The fourth-order valence-electron chi connectivity index (χ4n) is 1.98. The van der Waals surface area contributed by atoms with Gasteiger partial charge in [0.2, 0.25) is 0 Å². The third kappa shape index (κ3) is 5.16. The fourth-order valence-corrected chi connectivity index (χ4v) is 2.88. The van der Waals surface area contributed by atoms with Crippen LogP contribution in [0, 0.1) is 0 Å². The second-order valence-electron chi connectivity index (χ2n) is 4.45. The molecular formula is C13H22N2O3S. The zero-order valence-electron chi connectivity index (χ0n) is 11.8. The molecule has 1 aromatic heterocycles. The lowest BCUT2D eigenvalue weighted by molar-refractivity contribution is -0.139. The van der Waals surface area contributed by atoms with Gasteiger partial charge in [0.05, 0.1) is 13.5 Å². The van der Waals surface area contributed by atoms with E-state index in [4.69, 9.17) is 0 Å². The van der Waals surface area contributed by atoms with E-state index in [1.54, 1.807) is 0 Å². The minimum absolute atomic E-state index is 0.109. The standard InChI is InChI=1S/C13H22N2O3S/c1-4-6-15(7-5-2)9-11-10(8-12(16)18-3)14-13(17)19-11/h4-9H2,1-3H3,(H,14,17). The summed E-state index contributed by atoms with van der Waals surface area (Å²) in [4.78, 5) is 28.7. The summed E-state index contributed by atoms with van der Waals surface area (Å²) >= 11 is 1.19. The van der Waals surface area contributed by atoms with Crippen molar-refractivity contribution in [2.75, 3.05) is 20.2 Å². The largest absolute Gasteiger partial charge is 0.469 e. The lowest BCUT2D eigenvalue weighted by Crippen LogP contribution is -2.25. The van der Waals surface area contributed by atoms with E-state index in [1.165, 1.54) is 18.4 Å². The van der Waals surface area contributed by atoms with Gasteiger partial charge in [-0.05, 0) is 25.9 Å². The number of aromatic amines is 1. The molecule has 0 spiro atoms. The second kappa shape index (κ2) is 8.12. The Balaban J connectivity index is 2.80. The van der Waals surface area contributed by atoms with E-state index in [0.717, 1.165) is 37.4 Å². The maximum Gasteiger partial charge on any atom is 0.311 e. The zero-order chi connectivity index (χ0) is 14.3. The molecule has 1 rings (SSSR count). The number of carbonyl (C=O) groups excluding carboxylic acids is 1. The average Bonchev–Trinajstić information content (AvgIpc) is 2.70. The summed E-state index contributed by atoms with van der Waals surface area (Å²) in [7, 11) is 1.35. The molecular weight excluding hydrogens is 264 g/mol. The minimum Gasteiger partial charge on any atom is -0.469 e. The van der Waals surface area contributed by atoms with Crippen molar-refractivity contribution >= 4 is 17.3 Å². The number of aromatic nitrogens is 1. The molecule has 0 aliphatic rings. The average molecular weight is 286 g/mol. The Morgan fingerprint density at radius 3 is 2.47 bits per heavy atom. The molecule has 0 aliphatic heterocycles. The van der Waals surface area contributed by atoms with Crippen molar-refractivity contribution < 1.29 is 9.53 Å². The van der Waals surface area contributed by atoms with Crippen molar-refractivity contribution in [3.8, 4) is 0 Å². The van der Waals surface area contributed by atoms with Crippen molar-refractivity contribution in [3.63, 3.8) is 0 Å². The lowest BCUT2D eigenvalue weighted by Gasteiger charge is -2.20. The van der Waals surface area contributed by atoms with E-state index in [1.807, 2.05) is 0 Å². The molecule has 0 amide bonds. The molecule has 0 radical (unpaired) electrons. The highest BCUT2D eigenvalue weighted by molar-refractivity contribution is 7.09. The Kier molecular flexibility index (Phi) is 6.80. The van der Waals surface area contributed by atoms with Gasteiger partial charge in [-0.25, -0.2) is 0 Å². The molecule has 0 saturated carbocycles. The summed E-state index contributed by atoms with van der Waals surface area (Å²) in [6.07, 6.45) is 2.29. The Morgan fingerprint density at radius 1 is 1.32 bits per heavy atom. The third-order valence-corrected chi connectivity index (χ3v) is 3.71. The third-order valence-electron chi connectivity index (χ3n) is 2.80. The Morgan fingerprint density at radius 2 is 1.95 bits per heavy atom. The number of ether oxygens (including phenoxy) is 1. The first kappa shape index (κ1) is 15.9. The molecule has 1 N–H and O–H groups in total. The number of nitrogens with one attached hydrogen (secondary N) is 1. The molecule has 0 aromatic carbocycles. The van der Waals surface area contributed by atoms with Gasteiger partial charge in [-0.3, -0.25) is 14.5 Å². The number of rotatable bonds is 8. The van der Waals surface area contributed by atoms with Crippen LogP contribution in [0.3, 0.4) is 0 Å². The molecule has 6 heteroatoms. The highest BCUT2D eigenvalue weighted by Crippen LogP contribution is 2.14. The van der Waals surface area contributed by atoms with Crippen LogP contribution < -0.4 is 4.87 Å². The topological polar surface area (TPSA) is 62.4 Å². The van der Waals surface area contributed by atoms with Crippen LogP contribution in [0.15, 0.2) is 4.79 Å². The number of hydrogen-bond donors (Lipinski definition) is 1. The van der Waals surface area contributed by atoms with Crippen LogP contribution in [-0.4, -0.2) is 36.1 Å². The maximum atomic E-state index is 11.5. The Bertz CT molecular complexity index is 447. The van der Waals surface area contributed by atoms with Crippen molar-refractivity contribution in [1.82, 2.24) is 9.88 Å². The van der Waals surface area contributed by atoms with E-state index in [9.17, 15) is 9.59 Å². The maximum absolute atomic E-state index is 11.5. The molecule has 0 atom stereocenters. The predicted octanol–water partition coefficient (Wildman–Crippen LogP) is 1.77. The summed E-state index contributed by atoms with van der Waals surface area (Å²) < 4.78 is 4.65. The van der Waals surface area contributed by atoms with Gasteiger partial charge in [-0.1, -0.05) is 25.2 Å². The van der Waals surface area contributed by atoms with Crippen LogP contribution in [0.4, 0.5) is 0 Å². The van der Waals surface area contributed by atoms with Gasteiger partial charge in [-0.2, -0.15) is 0 Å². The SMILES string of the molecule is CCCN(CCC)Cc1sc(=O)[nH]c1CC(=O)OC. The molecule has 0 fully saturated rings. The lowest BCUT2D eigenvalue weighted by atomic mass is 10.2. The number of hydrogen-bond acceptors (Lipinski definition) is 5. The summed E-state index contributed by atoms with van der Waals surface area (Å²) in [5.41, 5.74) is 0.694. The van der Waals surface area contributed by atoms with Crippen LogP contribution in [-0.2, 0) is 22.5 Å². The molecule has 1 heterocycles. The van der Waals surface area contributed by atoms with Crippen LogP contribution in [0.2, 0.25) is 0 Å². The highest BCUT2D eigenvalue weighted by atomic mass is 32.1. The van der Waals surface area contributed by atoms with Gasteiger partial charge < -0.3 is 9.72 Å². The summed E-state index contributed by atoms with van der Waals surface area (Å²) in [5.74, 6) is -0.326. The number of nitrogens with zero attached hydrogens (tertiary/aromatic N) is 1. The molecule has 108 valence electrons. The first-order valence-electron chi connectivity index (χ1n) is 6.60. The van der Waals surface area contributed by atoms with Crippen molar-refractivity contribution in [1.29, 1.82) is 0 Å². The van der Waals surface area contributed by atoms with E-state index in [0.29, 0.717) is 5.69 Å². The smallest absolute Gasteiger partial charge is 0.311 e. The van der Waals surface area contributed by atoms with Gasteiger partial charge >= 0.3 is 10.8 Å². The molecule has 19 heavy (non-hydrogen) atoms. The van der Waals surface area contributed by atoms with Crippen LogP contribution in [0.25, 0.3) is 0 Å². The molecule has 0 aliphatic carbocycles. The molecule has 0 unspecified atom stereocenters. The van der Waals surface area contributed by atoms with Gasteiger partial charge in [0.15, 0.2) is 0 Å². The summed E-state index contributed by atoms with van der Waals surface area (Å²) in [6, 6.07) is 0. The number of esters is 1. The van der Waals surface area contributed by atoms with Crippen LogP contribution in [0.1, 0.15) is 37.3 Å². The van der Waals surface area contributed by atoms with E-state index >= 15 is 0 Å². The van der Waals surface area contributed by atoms with Gasteiger partial charge in [0.1, 0.15) is 0 Å². The van der Waals surface area contributed by atoms with E-state index < -0.39 is 0 Å². The number of thiazole rings is 1. The quantitative estimate of drug-likeness (QED) is 0.740. The van der Waals surface area contributed by atoms with Crippen molar-refractivity contribution in [2.45, 2.75) is 39.7 Å². The Labute approximate surface area is 117 Å². The number of H-pyrrole nitrogens is 1. The fraction of sp³-hybridized carbons (Fsp3) is 0.692. The van der Waals surface area contributed by atoms with Crippen LogP contribution in [0.5, 0.6) is 0 Å². The van der Waals surface area contributed by atoms with E-state index in [-0.39, 0.29) is 17.3 Å². The van der Waals surface area contributed by atoms with Crippen molar-refractivity contribution in [3.05, 3.63) is 20.2 Å². The van der Waals surface area contributed by atoms with Gasteiger partial charge in [-0.15, -0.1) is 0 Å². The first-order chi connectivity index (χ1) is 9.10. The minimum atomic E-state index is -0.326. The molecule has 1 aromatic rings. The number of methoxy groups -OCH3 is 1. The predicted molar refractivity (Wildman–Crippen MR) is 76.5 cm³/mol. The van der Waals surface area contributed by atoms with E-state index in [2.05, 4.69) is 28.5 Å². The summed E-state index contributed by atoms with van der Waals surface area (Å²) in [5, 5.41) is 0. The molecule has 0 bridgehead atoms. The first-order valence-corrected chi connectivity index (χ1v) is 7.42. The molecule has 5 nitrogen and oxygen atoms in total. The van der Waals surface area contributed by atoms with Crippen LogP contribution >= 0.6 is 11.3 Å². The number of carbonyl (C=O) groups is 1. The normalized spacial score (nSPS) is 10.9. The highest BCUT2D eigenvalue weighted by Gasteiger charge is 2.15. The van der Waals surface area contributed by atoms with Gasteiger partial charge in [0, 0.05) is 17.1 Å². The Hall–Kier alpha value is -1.14. The second-order valence-corrected chi connectivity index (χ2v) is 5.51. The summed E-state index contributed by atoms with van der Waals surface area (Å²) in [6.45, 7) is 6.99.